The van der Waals surface area contributed by atoms with E-state index in [-0.39, 0.29) is 11.7 Å². The molecule has 9 nitrogen and oxygen atoms in total. The van der Waals surface area contributed by atoms with Crippen molar-refractivity contribution < 1.29 is 43.0 Å². The van der Waals surface area contributed by atoms with E-state index >= 15 is 0 Å². The molecule has 0 heterocycles. The number of hydrogen-bond acceptors (Lipinski definition) is 6. The Morgan fingerprint density at radius 1 is 1.14 bits per heavy atom. The van der Waals surface area contributed by atoms with E-state index in [1.54, 1.807) is 0 Å². The largest absolute Gasteiger partial charge is 0.422 e. The van der Waals surface area contributed by atoms with Crippen LogP contribution in [0.15, 0.2) is 0 Å². The van der Waals surface area contributed by atoms with Crippen LogP contribution < -0.4 is 0 Å². The fourth-order valence-electron chi connectivity index (χ4n) is 1.23. The van der Waals surface area contributed by atoms with Crippen molar-refractivity contribution in [1.82, 2.24) is 0 Å². The lowest BCUT2D eigenvalue weighted by Crippen LogP contribution is -2.30. The van der Waals surface area contributed by atoms with Crippen LogP contribution in [0, 0.1) is 0 Å². The summed E-state index contributed by atoms with van der Waals surface area (Å²) in [6.07, 6.45) is 0.704. The summed E-state index contributed by atoms with van der Waals surface area (Å²) in [7, 11) is -10.5. The van der Waals surface area contributed by atoms with Gasteiger partial charge < -0.3 is 24.3 Å². The molecule has 0 saturated heterocycles. The fourth-order valence-corrected chi connectivity index (χ4v) is 4.38. The highest BCUT2D eigenvalue weighted by molar-refractivity contribution is 7.72. The van der Waals surface area contributed by atoms with Gasteiger partial charge in [0.2, 0.25) is 5.24 Å². The van der Waals surface area contributed by atoms with E-state index in [0.717, 1.165) is 13.3 Å². The Balaban J connectivity index is 0. The summed E-state index contributed by atoms with van der Waals surface area (Å²) in [5.41, 5.74) is 0. The first-order chi connectivity index (χ1) is 9.75. The van der Waals surface area contributed by atoms with Gasteiger partial charge in [0, 0.05) is 19.8 Å². The van der Waals surface area contributed by atoms with Gasteiger partial charge in [-0.05, 0) is 18.0 Å². The lowest BCUT2D eigenvalue weighted by Gasteiger charge is -2.30. The van der Waals surface area contributed by atoms with Gasteiger partial charge in [0.15, 0.2) is 0 Å². The summed E-state index contributed by atoms with van der Waals surface area (Å²) >= 11 is 4.94. The quantitative estimate of drug-likeness (QED) is 0.381. The third kappa shape index (κ3) is 7.83. The molecule has 0 amide bonds. The van der Waals surface area contributed by atoms with E-state index in [1.807, 2.05) is 6.92 Å². The number of halogens is 1. The Kier molecular flexibility index (Phi) is 10.7. The van der Waals surface area contributed by atoms with Crippen molar-refractivity contribution in [3.05, 3.63) is 0 Å². The van der Waals surface area contributed by atoms with E-state index in [1.165, 1.54) is 6.92 Å². The van der Waals surface area contributed by atoms with E-state index in [9.17, 15) is 28.7 Å². The number of aliphatic hydroxyl groups is 1. The third-order valence-corrected chi connectivity index (χ3v) is 6.72. The van der Waals surface area contributed by atoms with Gasteiger partial charge in [-0.2, -0.15) is 0 Å². The van der Waals surface area contributed by atoms with Crippen LogP contribution in [0.4, 0.5) is 0 Å². The van der Waals surface area contributed by atoms with E-state index in [0.29, 0.717) is 6.42 Å². The number of carbonyl (C=O) groups is 2. The molecule has 0 aromatic rings. The molecule has 0 fully saturated rings. The van der Waals surface area contributed by atoms with Crippen LogP contribution in [0.3, 0.4) is 0 Å². The summed E-state index contributed by atoms with van der Waals surface area (Å²) in [6, 6.07) is 0. The zero-order valence-corrected chi connectivity index (χ0v) is 15.0. The summed E-state index contributed by atoms with van der Waals surface area (Å²) < 4.78 is 26.4. The summed E-state index contributed by atoms with van der Waals surface area (Å²) in [6.45, 7) is 4.14. The van der Waals surface area contributed by atoms with Gasteiger partial charge in [0.1, 0.15) is 0 Å². The van der Waals surface area contributed by atoms with Gasteiger partial charge in [0.25, 0.3) is 5.08 Å². The van der Waals surface area contributed by atoms with Gasteiger partial charge in [-0.1, -0.05) is 20.3 Å². The molecule has 0 saturated carbocycles. The van der Waals surface area contributed by atoms with E-state index < -0.39 is 32.7 Å². The average molecular weight is 383 g/mol. The topological polar surface area (TPSA) is 158 Å². The SMILES string of the molecule is CCCC(=O)Cl.CCCC(O)(P(=O)(O)O)P(=O)(O)OC(C)=O. The molecule has 12 heteroatoms. The molecule has 4 N–H and O–H groups in total. The van der Waals surface area contributed by atoms with Crippen LogP contribution >= 0.6 is 26.8 Å². The van der Waals surface area contributed by atoms with Crippen molar-refractivity contribution in [2.75, 3.05) is 0 Å². The highest BCUT2D eigenvalue weighted by Crippen LogP contribution is 2.71. The first-order valence-electron chi connectivity index (χ1n) is 6.24. The third-order valence-electron chi connectivity index (χ3n) is 2.20. The first kappa shape index (κ1) is 24.0. The molecule has 0 aliphatic carbocycles. The molecule has 2 atom stereocenters. The maximum atomic E-state index is 11.5. The second-order valence-electron chi connectivity index (χ2n) is 4.28. The van der Waals surface area contributed by atoms with Crippen molar-refractivity contribution in [3.8, 4) is 0 Å². The Hall–Kier alpha value is -0.270. The maximum absolute atomic E-state index is 11.5. The van der Waals surface area contributed by atoms with Gasteiger partial charge in [-0.3, -0.25) is 14.2 Å². The molecule has 0 aliphatic rings. The molecule has 0 aromatic heterocycles. The van der Waals surface area contributed by atoms with Crippen molar-refractivity contribution in [2.24, 2.45) is 0 Å². The molecule has 22 heavy (non-hydrogen) atoms. The van der Waals surface area contributed by atoms with Crippen molar-refractivity contribution in [2.45, 2.75) is 51.5 Å². The minimum atomic E-state index is -5.32. The molecule has 0 bridgehead atoms. The second-order valence-corrected chi connectivity index (χ2v) is 8.84. The van der Waals surface area contributed by atoms with Crippen LogP contribution in [-0.2, 0) is 23.2 Å². The normalized spacial score (nSPS) is 16.5. The van der Waals surface area contributed by atoms with E-state index in [2.05, 4.69) is 4.52 Å². The van der Waals surface area contributed by atoms with Gasteiger partial charge in [-0.25, -0.2) is 4.57 Å². The van der Waals surface area contributed by atoms with Crippen LogP contribution in [0.1, 0.15) is 46.5 Å². The molecule has 0 aliphatic heterocycles. The Morgan fingerprint density at radius 3 is 1.77 bits per heavy atom. The zero-order valence-electron chi connectivity index (χ0n) is 12.4. The fraction of sp³-hybridized carbons (Fsp3) is 0.800. The Morgan fingerprint density at radius 2 is 1.59 bits per heavy atom. The Bertz CT molecular complexity index is 475. The minimum Gasteiger partial charge on any atom is -0.390 e. The highest BCUT2D eigenvalue weighted by atomic mass is 35.5. The molecule has 132 valence electrons. The molecule has 0 radical (unpaired) electrons. The van der Waals surface area contributed by atoms with Crippen LogP contribution in [0.5, 0.6) is 0 Å². The summed E-state index contributed by atoms with van der Waals surface area (Å²) in [4.78, 5) is 47.3. The number of rotatable bonds is 7. The van der Waals surface area contributed by atoms with Gasteiger partial charge >= 0.3 is 21.2 Å². The van der Waals surface area contributed by atoms with Crippen LogP contribution in [-0.4, -0.2) is 36.1 Å². The highest BCUT2D eigenvalue weighted by Gasteiger charge is 2.61. The monoisotopic (exact) mass is 382 g/mol. The zero-order chi connectivity index (χ0) is 18.2. The standard InChI is InChI=1S/C6H14O8P2.C4H7ClO/c1-3-4-6(8,15(9,10)11)16(12,13)14-5(2)7;1-2-3-4(5)6/h8H,3-4H2,1-2H3,(H,12,13)(H2,9,10,11);2-3H2,1H3. The van der Waals surface area contributed by atoms with Crippen molar-refractivity contribution >= 4 is 38.0 Å². The smallest absolute Gasteiger partial charge is 0.390 e. The Labute approximate surface area is 133 Å². The molecule has 2 unspecified atom stereocenters. The predicted molar refractivity (Wildman–Crippen MR) is 79.3 cm³/mol. The van der Waals surface area contributed by atoms with Crippen LogP contribution in [0.2, 0.25) is 0 Å². The minimum absolute atomic E-state index is 0.0213. The number of hydrogen-bond donors (Lipinski definition) is 4. The first-order valence-corrected chi connectivity index (χ1v) is 9.81. The predicted octanol–water partition coefficient (Wildman–Crippen LogP) is 1.91. The molecular formula is C10H21ClO9P2. The molecule has 0 aromatic carbocycles. The van der Waals surface area contributed by atoms with Crippen LogP contribution in [0.25, 0.3) is 0 Å². The van der Waals surface area contributed by atoms with Crippen molar-refractivity contribution in [3.63, 3.8) is 0 Å². The second kappa shape index (κ2) is 9.78. The molecular weight excluding hydrogens is 362 g/mol. The van der Waals surface area contributed by atoms with Gasteiger partial charge in [0.05, 0.1) is 0 Å². The number of carbonyl (C=O) groups excluding carboxylic acids is 2. The average Bonchev–Trinajstić information content (AvgIpc) is 2.26. The molecule has 0 spiro atoms. The lowest BCUT2D eigenvalue weighted by atomic mass is 10.3. The van der Waals surface area contributed by atoms with E-state index in [4.69, 9.17) is 21.4 Å². The maximum Gasteiger partial charge on any atom is 0.422 e. The molecule has 0 rings (SSSR count). The summed E-state index contributed by atoms with van der Waals surface area (Å²) in [5, 5.41) is 6.08. The summed E-state index contributed by atoms with van der Waals surface area (Å²) in [5.74, 6) is -1.21. The van der Waals surface area contributed by atoms with Gasteiger partial charge in [-0.15, -0.1) is 0 Å². The van der Waals surface area contributed by atoms with Crippen molar-refractivity contribution in [1.29, 1.82) is 0 Å². The lowest BCUT2D eigenvalue weighted by molar-refractivity contribution is -0.133.